The summed E-state index contributed by atoms with van der Waals surface area (Å²) >= 11 is 0. The number of ether oxygens (including phenoxy) is 4. The van der Waals surface area contributed by atoms with E-state index in [9.17, 15) is 23.4 Å². The van der Waals surface area contributed by atoms with Gasteiger partial charge < -0.3 is 39.4 Å². The number of likely N-dealkylation sites (tertiary alicyclic amines) is 1. The molecular weight excluding hydrogens is 711 g/mol. The Hall–Kier alpha value is -3.39. The number of benzene rings is 3. The van der Waals surface area contributed by atoms with Crippen molar-refractivity contribution in [1.29, 1.82) is 0 Å². The van der Waals surface area contributed by atoms with Crippen molar-refractivity contribution in [3.05, 3.63) is 89.0 Å². The average Bonchev–Trinajstić information content (AvgIpc) is 3.92. The summed E-state index contributed by atoms with van der Waals surface area (Å²) in [7, 11) is 2.01. The van der Waals surface area contributed by atoms with E-state index in [2.05, 4.69) is 15.1 Å². The van der Waals surface area contributed by atoms with Gasteiger partial charge in [-0.1, -0.05) is 36.4 Å². The van der Waals surface area contributed by atoms with Gasteiger partial charge in [0.2, 0.25) is 0 Å². The quantitative estimate of drug-likeness (QED) is 0.133. The molecule has 3 fully saturated rings. The number of hydrogen-bond acceptors (Lipinski definition) is 9. The van der Waals surface area contributed by atoms with E-state index in [4.69, 9.17) is 18.9 Å². The summed E-state index contributed by atoms with van der Waals surface area (Å²) in [5.41, 5.74) is 1.11. The molecule has 3 N–H and O–H groups in total. The summed E-state index contributed by atoms with van der Waals surface area (Å²) in [6.45, 7) is 6.07. The molecule has 2 bridgehead atoms. The fourth-order valence-corrected chi connectivity index (χ4v) is 9.85. The molecule has 55 heavy (non-hydrogen) atoms. The summed E-state index contributed by atoms with van der Waals surface area (Å²) in [6.07, 6.45) is 1.40. The number of nitrogens with zero attached hydrogens (tertiary/aromatic N) is 2. The smallest absolute Gasteiger partial charge is 0.416 e. The van der Waals surface area contributed by atoms with Crippen LogP contribution in [0.2, 0.25) is 0 Å². The van der Waals surface area contributed by atoms with Crippen molar-refractivity contribution in [2.45, 2.75) is 86.4 Å². The Morgan fingerprint density at radius 2 is 1.71 bits per heavy atom. The molecule has 2 aliphatic heterocycles. The minimum atomic E-state index is -4.39. The predicted molar refractivity (Wildman–Crippen MR) is 202 cm³/mol. The first-order valence-electron chi connectivity index (χ1n) is 20.0. The molecule has 12 heteroatoms. The minimum Gasteiger partial charge on any atom is -0.504 e. The van der Waals surface area contributed by atoms with E-state index in [0.717, 1.165) is 61.5 Å². The number of aromatic hydroxyl groups is 1. The number of rotatable bonds is 18. The van der Waals surface area contributed by atoms with Gasteiger partial charge in [-0.25, -0.2) is 0 Å². The maximum absolute atomic E-state index is 13.0. The monoisotopic (exact) mass is 765 g/mol. The van der Waals surface area contributed by atoms with E-state index in [1.807, 2.05) is 43.4 Å². The van der Waals surface area contributed by atoms with Crippen molar-refractivity contribution in [1.82, 2.24) is 15.1 Å². The molecule has 6 atom stereocenters. The van der Waals surface area contributed by atoms with Crippen LogP contribution in [0.4, 0.5) is 13.2 Å². The molecule has 2 heterocycles. The molecule has 9 nitrogen and oxygen atoms in total. The number of hydrogen-bond donors (Lipinski definition) is 3. The molecule has 3 aliphatic carbocycles. The lowest BCUT2D eigenvalue weighted by molar-refractivity contribution is -0.191. The third kappa shape index (κ3) is 7.70. The molecule has 1 spiro atoms. The van der Waals surface area contributed by atoms with Crippen molar-refractivity contribution in [2.24, 2.45) is 5.92 Å². The van der Waals surface area contributed by atoms with Crippen LogP contribution in [-0.2, 0) is 27.5 Å². The van der Waals surface area contributed by atoms with Crippen LogP contribution in [0.1, 0.15) is 66.9 Å². The highest BCUT2D eigenvalue weighted by Gasteiger charge is 2.72. The van der Waals surface area contributed by atoms with Gasteiger partial charge in [-0.05, 0) is 99.5 Å². The Morgan fingerprint density at radius 3 is 2.45 bits per heavy atom. The lowest BCUT2D eigenvalue weighted by atomic mass is 9.48. The van der Waals surface area contributed by atoms with Crippen LogP contribution >= 0.6 is 0 Å². The van der Waals surface area contributed by atoms with Gasteiger partial charge >= 0.3 is 6.18 Å². The van der Waals surface area contributed by atoms with Gasteiger partial charge in [-0.2, -0.15) is 13.2 Å². The summed E-state index contributed by atoms with van der Waals surface area (Å²) in [5.74, 6) is 1.89. The number of phenolic OH excluding ortho intramolecular Hbond substituents is 1. The molecule has 1 unspecified atom stereocenters. The Morgan fingerprint density at radius 1 is 0.945 bits per heavy atom. The Labute approximate surface area is 321 Å². The van der Waals surface area contributed by atoms with Gasteiger partial charge in [0.15, 0.2) is 11.5 Å². The zero-order chi connectivity index (χ0) is 38.2. The lowest BCUT2D eigenvalue weighted by Crippen LogP contribution is -2.78. The highest BCUT2D eigenvalue weighted by atomic mass is 19.4. The summed E-state index contributed by atoms with van der Waals surface area (Å²) in [6, 6.07) is 18.5. The van der Waals surface area contributed by atoms with Gasteiger partial charge in [0, 0.05) is 50.2 Å². The molecular formula is C43H54F3N3O6. The van der Waals surface area contributed by atoms with Crippen molar-refractivity contribution >= 4 is 0 Å². The topological polar surface area (TPSA) is 95.9 Å². The van der Waals surface area contributed by atoms with Crippen LogP contribution in [0.3, 0.4) is 0 Å². The molecule has 3 aromatic rings. The molecule has 0 amide bonds. The van der Waals surface area contributed by atoms with Crippen molar-refractivity contribution in [3.63, 3.8) is 0 Å². The number of halogens is 3. The van der Waals surface area contributed by atoms with Crippen LogP contribution in [0, 0.1) is 5.92 Å². The summed E-state index contributed by atoms with van der Waals surface area (Å²) in [4.78, 5) is 4.71. The summed E-state index contributed by atoms with van der Waals surface area (Å²) in [5, 5.41) is 27.2. The fourth-order valence-electron chi connectivity index (χ4n) is 9.85. The number of alkyl halides is 3. The predicted octanol–water partition coefficient (Wildman–Crippen LogP) is 6.11. The number of aliphatic hydroxyl groups is 1. The van der Waals surface area contributed by atoms with Crippen LogP contribution in [0.25, 0.3) is 0 Å². The van der Waals surface area contributed by atoms with Gasteiger partial charge in [0.1, 0.15) is 18.0 Å². The standard InChI is InChI=1S/C43H54F3N3O6/c1-48(20-16-36(30-5-3-2-4-6-30)54-33-12-10-32(11-13-33)43(44,45)46)22-24-53-26-25-52-23-19-47-34-15-17-42(51)37-27-31-9-14-35(50)39-38(31)41(42,40(34)55-39)18-21-49(37)28-29-7-8-29/h2-6,9-14,29,34,36-37,40,47,50-51H,7-8,15-28H2,1H3/t34-,36?,37-,40+,41+,42-/m1/s1. The molecule has 5 aliphatic rings. The third-order valence-corrected chi connectivity index (χ3v) is 12.8. The summed E-state index contributed by atoms with van der Waals surface area (Å²) < 4.78 is 63.7. The van der Waals surface area contributed by atoms with E-state index in [1.54, 1.807) is 6.07 Å². The molecule has 298 valence electrons. The molecule has 0 radical (unpaired) electrons. The van der Waals surface area contributed by atoms with Gasteiger partial charge in [0.25, 0.3) is 0 Å². The Kier molecular flexibility index (Phi) is 11.1. The zero-order valence-electron chi connectivity index (χ0n) is 31.6. The number of nitrogens with one attached hydrogen (secondary N) is 1. The largest absolute Gasteiger partial charge is 0.504 e. The third-order valence-electron chi connectivity index (χ3n) is 12.8. The van der Waals surface area contributed by atoms with E-state index in [0.29, 0.717) is 70.4 Å². The number of likely N-dealkylation sites (N-methyl/N-ethyl adjacent to an activating group) is 1. The van der Waals surface area contributed by atoms with Gasteiger partial charge in [0.05, 0.1) is 43.0 Å². The van der Waals surface area contributed by atoms with Gasteiger partial charge in [-0.15, -0.1) is 0 Å². The van der Waals surface area contributed by atoms with Crippen LogP contribution in [0.5, 0.6) is 17.2 Å². The second-order valence-electron chi connectivity index (χ2n) is 16.2. The van der Waals surface area contributed by atoms with Crippen LogP contribution < -0.4 is 14.8 Å². The first-order chi connectivity index (χ1) is 26.6. The maximum atomic E-state index is 13.0. The van der Waals surface area contributed by atoms with Crippen LogP contribution in [-0.4, -0.2) is 110 Å². The molecule has 2 saturated carbocycles. The minimum absolute atomic E-state index is 0.0332. The Balaban J connectivity index is 0.760. The van der Waals surface area contributed by atoms with Crippen molar-refractivity contribution in [2.75, 3.05) is 66.2 Å². The van der Waals surface area contributed by atoms with Crippen LogP contribution in [0.15, 0.2) is 66.7 Å². The number of piperidine rings is 1. The Bertz CT molecular complexity index is 1760. The van der Waals surface area contributed by atoms with E-state index in [1.165, 1.54) is 30.5 Å². The highest BCUT2D eigenvalue weighted by Crippen LogP contribution is 2.65. The number of phenols is 1. The van der Waals surface area contributed by atoms with Crippen molar-refractivity contribution < 1.29 is 42.3 Å². The fraction of sp³-hybridized carbons (Fsp3) is 0.581. The van der Waals surface area contributed by atoms with Gasteiger partial charge in [-0.3, -0.25) is 4.90 Å². The maximum Gasteiger partial charge on any atom is 0.416 e. The second kappa shape index (κ2) is 15.9. The average molecular weight is 766 g/mol. The zero-order valence-corrected chi connectivity index (χ0v) is 31.6. The molecule has 8 rings (SSSR count). The normalized spacial score (nSPS) is 27.5. The highest BCUT2D eigenvalue weighted by molar-refractivity contribution is 5.62. The van der Waals surface area contributed by atoms with E-state index in [-0.39, 0.29) is 30.0 Å². The van der Waals surface area contributed by atoms with Crippen molar-refractivity contribution in [3.8, 4) is 17.2 Å². The molecule has 3 aromatic carbocycles. The van der Waals surface area contributed by atoms with E-state index < -0.39 is 22.8 Å². The lowest BCUT2D eigenvalue weighted by Gasteiger charge is -2.64. The molecule has 0 aromatic heterocycles. The molecule has 1 saturated heterocycles. The first-order valence-corrected chi connectivity index (χ1v) is 20.0. The first kappa shape index (κ1) is 38.5. The SMILES string of the molecule is CN(CCOCCOCCN[C@@H]1CC[C@@]2(O)[C@H]3Cc4ccc(O)c5c4[C@@]2(CCN3CC2CC2)[C@H]1O5)CCC(Oc1ccc(C(F)(F)F)cc1)c1ccccc1. The second-order valence-corrected chi connectivity index (χ2v) is 16.2. The van der Waals surface area contributed by atoms with E-state index >= 15 is 0 Å².